The van der Waals surface area contributed by atoms with Gasteiger partial charge in [-0.2, -0.15) is 0 Å². The lowest BCUT2D eigenvalue weighted by molar-refractivity contribution is 0.102. The first-order valence-electron chi connectivity index (χ1n) is 7.28. The molecule has 126 valence electrons. The normalized spacial score (nSPS) is 11.7. The molecule has 2 aromatic heterocycles. The van der Waals surface area contributed by atoms with E-state index in [-0.39, 0.29) is 17.3 Å². The zero-order valence-electron chi connectivity index (χ0n) is 13.0. The van der Waals surface area contributed by atoms with E-state index in [1.165, 1.54) is 0 Å². The quantitative estimate of drug-likeness (QED) is 0.661. The number of hydrogen-bond acceptors (Lipinski definition) is 5. The number of nitrogens with zero attached hydrogens (tertiary/aromatic N) is 2. The molecule has 0 fully saturated rings. The number of aromatic nitrogens is 2. The summed E-state index contributed by atoms with van der Waals surface area (Å²) in [6.45, 7) is 0. The third-order valence-electron chi connectivity index (χ3n) is 3.52. The van der Waals surface area contributed by atoms with Crippen molar-refractivity contribution >= 4 is 28.4 Å². The standard InChI is InChI=1S/C17H15N5O2S/c18-16-15(17(23)22-13-5-7-20-8-6-13)9-12(10-21-16)11-1-3-14(4-2-11)25(19)24/h1-10H,19H2,(H2,18,21)(H,20,22,23). The van der Waals surface area contributed by atoms with Gasteiger partial charge in [-0.15, -0.1) is 0 Å². The van der Waals surface area contributed by atoms with Gasteiger partial charge < -0.3 is 11.1 Å². The van der Waals surface area contributed by atoms with E-state index in [1.807, 2.05) is 0 Å². The van der Waals surface area contributed by atoms with Crippen molar-refractivity contribution in [2.75, 3.05) is 11.1 Å². The molecule has 0 aliphatic heterocycles. The molecule has 0 radical (unpaired) electrons. The van der Waals surface area contributed by atoms with Gasteiger partial charge in [-0.05, 0) is 35.9 Å². The fourth-order valence-corrected chi connectivity index (χ4v) is 2.63. The second kappa shape index (κ2) is 7.20. The van der Waals surface area contributed by atoms with Crippen LogP contribution in [0.5, 0.6) is 0 Å². The minimum atomic E-state index is -1.54. The Bertz CT molecular complexity index is 930. The number of hydrogen-bond donors (Lipinski definition) is 3. The first kappa shape index (κ1) is 16.7. The maximum absolute atomic E-state index is 12.5. The average Bonchev–Trinajstić information content (AvgIpc) is 2.63. The topological polar surface area (TPSA) is 124 Å². The highest BCUT2D eigenvalue weighted by atomic mass is 32.2. The van der Waals surface area contributed by atoms with E-state index in [0.717, 1.165) is 5.56 Å². The second-order valence-electron chi connectivity index (χ2n) is 5.17. The van der Waals surface area contributed by atoms with Crippen molar-refractivity contribution in [2.45, 2.75) is 4.90 Å². The first-order valence-corrected chi connectivity index (χ1v) is 8.49. The van der Waals surface area contributed by atoms with Gasteiger partial charge in [0.15, 0.2) is 0 Å². The molecule has 0 saturated carbocycles. The molecule has 0 spiro atoms. The van der Waals surface area contributed by atoms with Crippen molar-refractivity contribution in [3.8, 4) is 11.1 Å². The minimum absolute atomic E-state index is 0.134. The van der Waals surface area contributed by atoms with Crippen LogP contribution in [0.3, 0.4) is 0 Å². The Labute approximate surface area is 146 Å². The van der Waals surface area contributed by atoms with Crippen LogP contribution in [-0.2, 0) is 11.0 Å². The zero-order chi connectivity index (χ0) is 17.8. The molecule has 1 unspecified atom stereocenters. The van der Waals surface area contributed by atoms with Gasteiger partial charge in [0.1, 0.15) is 16.8 Å². The van der Waals surface area contributed by atoms with Crippen LogP contribution in [-0.4, -0.2) is 20.1 Å². The van der Waals surface area contributed by atoms with Crippen molar-refractivity contribution in [2.24, 2.45) is 5.14 Å². The van der Waals surface area contributed by atoms with Crippen LogP contribution in [0.2, 0.25) is 0 Å². The Hall–Kier alpha value is -3.10. The summed E-state index contributed by atoms with van der Waals surface area (Å²) in [7, 11) is -1.54. The SMILES string of the molecule is Nc1ncc(-c2ccc(S(N)=O)cc2)cc1C(=O)Nc1ccncc1. The molecule has 1 atom stereocenters. The molecule has 3 aromatic rings. The highest BCUT2D eigenvalue weighted by Crippen LogP contribution is 2.23. The molecule has 25 heavy (non-hydrogen) atoms. The molecule has 0 bridgehead atoms. The van der Waals surface area contributed by atoms with Gasteiger partial charge in [0.2, 0.25) is 0 Å². The number of rotatable bonds is 4. The number of nitrogens with one attached hydrogen (secondary N) is 1. The Kier molecular flexibility index (Phi) is 4.82. The highest BCUT2D eigenvalue weighted by Gasteiger charge is 2.13. The summed E-state index contributed by atoms with van der Waals surface area (Å²) >= 11 is 0. The van der Waals surface area contributed by atoms with Gasteiger partial charge in [-0.25, -0.2) is 14.3 Å². The number of nitrogen functional groups attached to an aromatic ring is 1. The van der Waals surface area contributed by atoms with Crippen LogP contribution in [0.15, 0.2) is 66.0 Å². The lowest BCUT2D eigenvalue weighted by Crippen LogP contribution is -2.15. The molecular weight excluding hydrogens is 338 g/mol. The lowest BCUT2D eigenvalue weighted by Gasteiger charge is -2.09. The van der Waals surface area contributed by atoms with E-state index in [0.29, 0.717) is 16.1 Å². The van der Waals surface area contributed by atoms with Crippen LogP contribution in [0.25, 0.3) is 11.1 Å². The van der Waals surface area contributed by atoms with Crippen molar-refractivity contribution in [3.63, 3.8) is 0 Å². The van der Waals surface area contributed by atoms with Crippen molar-refractivity contribution in [3.05, 3.63) is 66.6 Å². The van der Waals surface area contributed by atoms with Crippen LogP contribution in [0.4, 0.5) is 11.5 Å². The third-order valence-corrected chi connectivity index (χ3v) is 4.26. The molecule has 8 heteroatoms. The number of amides is 1. The summed E-state index contributed by atoms with van der Waals surface area (Å²) in [5.41, 5.74) is 8.24. The smallest absolute Gasteiger partial charge is 0.259 e. The Morgan fingerprint density at radius 1 is 1.04 bits per heavy atom. The largest absolute Gasteiger partial charge is 0.383 e. The summed E-state index contributed by atoms with van der Waals surface area (Å²) in [6, 6.07) is 11.9. The number of carbonyl (C=O) groups excluding carboxylic acids is 1. The molecule has 0 saturated heterocycles. The highest BCUT2D eigenvalue weighted by molar-refractivity contribution is 7.82. The fourth-order valence-electron chi connectivity index (χ4n) is 2.23. The van der Waals surface area contributed by atoms with Gasteiger partial charge in [-0.3, -0.25) is 9.78 Å². The summed E-state index contributed by atoms with van der Waals surface area (Å²) in [6.07, 6.45) is 4.74. The van der Waals surface area contributed by atoms with Crippen molar-refractivity contribution < 1.29 is 9.00 Å². The molecule has 2 heterocycles. The molecule has 1 amide bonds. The number of pyridine rings is 2. The third kappa shape index (κ3) is 3.87. The van der Waals surface area contributed by atoms with Crippen LogP contribution in [0.1, 0.15) is 10.4 Å². The Morgan fingerprint density at radius 2 is 1.72 bits per heavy atom. The van der Waals surface area contributed by atoms with Crippen LogP contribution < -0.4 is 16.2 Å². The molecule has 5 N–H and O–H groups in total. The van der Waals surface area contributed by atoms with Gasteiger partial charge in [0.05, 0.1) is 10.5 Å². The van der Waals surface area contributed by atoms with Gasteiger partial charge in [0, 0.05) is 29.8 Å². The van der Waals surface area contributed by atoms with Crippen LogP contribution >= 0.6 is 0 Å². The Balaban J connectivity index is 1.90. The van der Waals surface area contributed by atoms with Crippen molar-refractivity contribution in [1.82, 2.24) is 9.97 Å². The monoisotopic (exact) mass is 353 g/mol. The summed E-state index contributed by atoms with van der Waals surface area (Å²) in [5, 5.41) is 8.09. The molecule has 0 aliphatic rings. The molecule has 3 rings (SSSR count). The van der Waals surface area contributed by atoms with E-state index >= 15 is 0 Å². The fraction of sp³-hybridized carbons (Fsp3) is 0. The van der Waals surface area contributed by atoms with E-state index < -0.39 is 11.0 Å². The van der Waals surface area contributed by atoms with Gasteiger partial charge in [-0.1, -0.05) is 12.1 Å². The van der Waals surface area contributed by atoms with E-state index in [1.54, 1.807) is 61.1 Å². The van der Waals surface area contributed by atoms with Crippen LogP contribution in [0, 0.1) is 0 Å². The molecule has 0 aliphatic carbocycles. The zero-order valence-corrected chi connectivity index (χ0v) is 13.9. The summed E-state index contributed by atoms with van der Waals surface area (Å²) < 4.78 is 11.3. The molecular formula is C17H15N5O2S. The molecule has 7 nitrogen and oxygen atoms in total. The second-order valence-corrected chi connectivity index (χ2v) is 6.23. The number of nitrogens with two attached hydrogens (primary N) is 2. The Morgan fingerprint density at radius 3 is 2.36 bits per heavy atom. The minimum Gasteiger partial charge on any atom is -0.383 e. The number of carbonyl (C=O) groups is 1. The van der Waals surface area contributed by atoms with Gasteiger partial charge >= 0.3 is 0 Å². The van der Waals surface area contributed by atoms with Crippen molar-refractivity contribution in [1.29, 1.82) is 0 Å². The van der Waals surface area contributed by atoms with E-state index in [2.05, 4.69) is 15.3 Å². The maximum atomic E-state index is 12.5. The average molecular weight is 353 g/mol. The van der Waals surface area contributed by atoms with Gasteiger partial charge in [0.25, 0.3) is 5.91 Å². The summed E-state index contributed by atoms with van der Waals surface area (Å²) in [4.78, 5) is 21.0. The number of anilines is 2. The number of benzene rings is 1. The summed E-state index contributed by atoms with van der Waals surface area (Å²) in [5.74, 6) is -0.229. The predicted molar refractivity (Wildman–Crippen MR) is 96.9 cm³/mol. The predicted octanol–water partition coefficient (Wildman–Crippen LogP) is 1.96. The maximum Gasteiger partial charge on any atom is 0.259 e. The lowest BCUT2D eigenvalue weighted by atomic mass is 10.1. The van der Waals surface area contributed by atoms with E-state index in [9.17, 15) is 9.00 Å². The first-order chi connectivity index (χ1) is 12.0. The van der Waals surface area contributed by atoms with E-state index in [4.69, 9.17) is 10.9 Å². The molecule has 1 aromatic carbocycles.